The van der Waals surface area contributed by atoms with E-state index in [1.54, 1.807) is 0 Å². The smallest absolute Gasteiger partial charge is 0.251 e. The van der Waals surface area contributed by atoms with Gasteiger partial charge in [-0.25, -0.2) is 0 Å². The third kappa shape index (κ3) is 5.11. The second kappa shape index (κ2) is 8.91. The Kier molecular flexibility index (Phi) is 6.87. The van der Waals surface area contributed by atoms with Crippen LogP contribution in [0.25, 0.3) is 0 Å². The summed E-state index contributed by atoms with van der Waals surface area (Å²) in [7, 11) is 0. The first-order valence-corrected chi connectivity index (χ1v) is 8.50. The van der Waals surface area contributed by atoms with E-state index in [9.17, 15) is 4.79 Å². The number of carbonyl (C=O) groups is 1. The topological polar surface area (TPSA) is 44.4 Å². The quantitative estimate of drug-likeness (QED) is 0.759. The molecule has 2 N–H and O–H groups in total. The highest BCUT2D eigenvalue weighted by Gasteiger charge is 2.17. The first kappa shape index (κ1) is 17.0. The van der Waals surface area contributed by atoms with Crippen molar-refractivity contribution in [3.05, 3.63) is 35.4 Å². The lowest BCUT2D eigenvalue weighted by atomic mass is 10.0. The number of nitrogens with one attached hydrogen (secondary N) is 2. The lowest BCUT2D eigenvalue weighted by molar-refractivity contribution is 0.0952. The predicted molar refractivity (Wildman–Crippen MR) is 91.3 cm³/mol. The summed E-state index contributed by atoms with van der Waals surface area (Å²) >= 11 is 0. The molecule has 1 aliphatic heterocycles. The van der Waals surface area contributed by atoms with Gasteiger partial charge < -0.3 is 15.5 Å². The van der Waals surface area contributed by atoms with Gasteiger partial charge >= 0.3 is 0 Å². The van der Waals surface area contributed by atoms with E-state index in [0.717, 1.165) is 17.7 Å². The zero-order chi connectivity index (χ0) is 15.8. The van der Waals surface area contributed by atoms with Crippen molar-refractivity contribution in [3.8, 4) is 0 Å². The second-order valence-corrected chi connectivity index (χ2v) is 6.14. The lowest BCUT2D eigenvalue weighted by Gasteiger charge is -2.32. The molecule has 22 heavy (non-hydrogen) atoms. The Morgan fingerprint density at radius 2 is 1.95 bits per heavy atom. The molecule has 1 fully saturated rings. The maximum absolute atomic E-state index is 12.1. The number of likely N-dealkylation sites (tertiary alicyclic amines) is 1. The molecule has 0 bridgehead atoms. The van der Waals surface area contributed by atoms with E-state index in [1.807, 2.05) is 31.2 Å². The van der Waals surface area contributed by atoms with Gasteiger partial charge in [0.15, 0.2) is 0 Å². The minimum absolute atomic E-state index is 0.0256. The van der Waals surface area contributed by atoms with E-state index < -0.39 is 0 Å². The van der Waals surface area contributed by atoms with Crippen molar-refractivity contribution in [1.29, 1.82) is 0 Å². The molecule has 4 nitrogen and oxygen atoms in total. The number of amides is 1. The zero-order valence-electron chi connectivity index (χ0n) is 13.9. The maximum atomic E-state index is 12.1. The van der Waals surface area contributed by atoms with Gasteiger partial charge in [-0.05, 0) is 57.5 Å². The van der Waals surface area contributed by atoms with E-state index in [2.05, 4.69) is 22.5 Å². The van der Waals surface area contributed by atoms with E-state index in [-0.39, 0.29) is 5.91 Å². The molecule has 1 aliphatic rings. The minimum atomic E-state index is 0.0256. The Labute approximate surface area is 134 Å². The molecule has 2 rings (SSSR count). The van der Waals surface area contributed by atoms with Gasteiger partial charge in [-0.15, -0.1) is 0 Å². The molecule has 4 heteroatoms. The molecule has 1 amide bonds. The first-order chi connectivity index (χ1) is 10.7. The Balaban J connectivity index is 1.62. The Bertz CT molecular complexity index is 467. The van der Waals surface area contributed by atoms with Gasteiger partial charge in [0.05, 0.1) is 0 Å². The first-order valence-electron chi connectivity index (χ1n) is 8.50. The molecular formula is C18H29N3O. The molecule has 1 aromatic carbocycles. The molecule has 0 saturated carbocycles. The SMILES string of the molecule is CCCN1CCC(NCCNC(=O)c2ccccc2C)CC1. The molecule has 0 aromatic heterocycles. The summed E-state index contributed by atoms with van der Waals surface area (Å²) in [5.74, 6) is 0.0256. The molecule has 0 aliphatic carbocycles. The summed E-state index contributed by atoms with van der Waals surface area (Å²) < 4.78 is 0. The monoisotopic (exact) mass is 303 g/mol. The summed E-state index contributed by atoms with van der Waals surface area (Å²) in [6, 6.07) is 8.31. The van der Waals surface area contributed by atoms with Crippen LogP contribution in [0.4, 0.5) is 0 Å². The number of carbonyl (C=O) groups excluding carboxylic acids is 1. The van der Waals surface area contributed by atoms with Gasteiger partial charge in [-0.2, -0.15) is 0 Å². The van der Waals surface area contributed by atoms with Gasteiger partial charge in [0.25, 0.3) is 5.91 Å². The van der Waals surface area contributed by atoms with Crippen LogP contribution in [0.5, 0.6) is 0 Å². The average molecular weight is 303 g/mol. The van der Waals surface area contributed by atoms with E-state index in [4.69, 9.17) is 0 Å². The number of aryl methyl sites for hydroxylation is 1. The highest BCUT2D eigenvalue weighted by Crippen LogP contribution is 2.10. The zero-order valence-corrected chi connectivity index (χ0v) is 13.9. The fourth-order valence-corrected chi connectivity index (χ4v) is 3.05. The van der Waals surface area contributed by atoms with Crippen molar-refractivity contribution in [1.82, 2.24) is 15.5 Å². The fraction of sp³-hybridized carbons (Fsp3) is 0.611. The Hall–Kier alpha value is -1.39. The van der Waals surface area contributed by atoms with Gasteiger partial charge in [-0.3, -0.25) is 4.79 Å². The van der Waals surface area contributed by atoms with Crippen molar-refractivity contribution in [2.24, 2.45) is 0 Å². The summed E-state index contributed by atoms with van der Waals surface area (Å²) in [5, 5.41) is 6.56. The molecule has 1 saturated heterocycles. The molecule has 1 aromatic rings. The normalized spacial score (nSPS) is 16.6. The van der Waals surface area contributed by atoms with Crippen LogP contribution >= 0.6 is 0 Å². The third-order valence-corrected chi connectivity index (χ3v) is 4.36. The molecule has 0 radical (unpaired) electrons. The third-order valence-electron chi connectivity index (χ3n) is 4.36. The van der Waals surface area contributed by atoms with Crippen LogP contribution in [0.1, 0.15) is 42.1 Å². The van der Waals surface area contributed by atoms with Crippen LogP contribution in [-0.4, -0.2) is 49.6 Å². The van der Waals surface area contributed by atoms with Crippen LogP contribution in [0.3, 0.4) is 0 Å². The summed E-state index contributed by atoms with van der Waals surface area (Å²) in [6.45, 7) is 9.35. The van der Waals surface area contributed by atoms with Crippen molar-refractivity contribution < 1.29 is 4.79 Å². The highest BCUT2D eigenvalue weighted by molar-refractivity contribution is 5.95. The van der Waals surface area contributed by atoms with Gasteiger partial charge in [0, 0.05) is 24.7 Å². The van der Waals surface area contributed by atoms with Gasteiger partial charge in [0.1, 0.15) is 0 Å². The number of hydrogen-bond acceptors (Lipinski definition) is 3. The Morgan fingerprint density at radius 3 is 2.64 bits per heavy atom. The van der Waals surface area contributed by atoms with Crippen LogP contribution in [0.2, 0.25) is 0 Å². The largest absolute Gasteiger partial charge is 0.351 e. The highest BCUT2D eigenvalue weighted by atomic mass is 16.1. The molecule has 0 atom stereocenters. The van der Waals surface area contributed by atoms with E-state index in [1.165, 1.54) is 38.9 Å². The number of piperidine rings is 1. The maximum Gasteiger partial charge on any atom is 0.251 e. The summed E-state index contributed by atoms with van der Waals surface area (Å²) in [4.78, 5) is 14.6. The molecule has 0 spiro atoms. The van der Waals surface area contributed by atoms with Gasteiger partial charge in [-0.1, -0.05) is 25.1 Å². The predicted octanol–water partition coefficient (Wildman–Crippen LogP) is 2.19. The van der Waals surface area contributed by atoms with Crippen LogP contribution in [-0.2, 0) is 0 Å². The fourth-order valence-electron chi connectivity index (χ4n) is 3.05. The van der Waals surface area contributed by atoms with Crippen LogP contribution in [0.15, 0.2) is 24.3 Å². The van der Waals surface area contributed by atoms with Crippen molar-refractivity contribution >= 4 is 5.91 Å². The molecule has 122 valence electrons. The molecule has 0 unspecified atom stereocenters. The van der Waals surface area contributed by atoms with Crippen molar-refractivity contribution in [2.45, 2.75) is 39.2 Å². The van der Waals surface area contributed by atoms with E-state index >= 15 is 0 Å². The average Bonchev–Trinajstić information content (AvgIpc) is 2.53. The number of nitrogens with zero attached hydrogens (tertiary/aromatic N) is 1. The summed E-state index contributed by atoms with van der Waals surface area (Å²) in [5.41, 5.74) is 1.80. The molecule has 1 heterocycles. The van der Waals surface area contributed by atoms with Crippen molar-refractivity contribution in [2.75, 3.05) is 32.7 Å². The second-order valence-electron chi connectivity index (χ2n) is 6.14. The lowest BCUT2D eigenvalue weighted by Crippen LogP contribution is -2.44. The minimum Gasteiger partial charge on any atom is -0.351 e. The van der Waals surface area contributed by atoms with Gasteiger partial charge in [0.2, 0.25) is 0 Å². The number of hydrogen-bond donors (Lipinski definition) is 2. The number of benzene rings is 1. The van der Waals surface area contributed by atoms with Crippen LogP contribution < -0.4 is 10.6 Å². The number of rotatable bonds is 7. The molecular weight excluding hydrogens is 274 g/mol. The van der Waals surface area contributed by atoms with E-state index in [0.29, 0.717) is 12.6 Å². The van der Waals surface area contributed by atoms with Crippen LogP contribution in [0, 0.1) is 6.92 Å². The standard InChI is InChI=1S/C18H29N3O/c1-3-12-21-13-8-16(9-14-21)19-10-11-20-18(22)17-7-5-4-6-15(17)2/h4-7,16,19H,3,8-14H2,1-2H3,(H,20,22). The summed E-state index contributed by atoms with van der Waals surface area (Å²) in [6.07, 6.45) is 3.67. The van der Waals surface area contributed by atoms with Crippen molar-refractivity contribution in [3.63, 3.8) is 0 Å². The Morgan fingerprint density at radius 1 is 1.23 bits per heavy atom.